The second-order valence-corrected chi connectivity index (χ2v) is 9.81. The number of halogens is 1. The summed E-state index contributed by atoms with van der Waals surface area (Å²) in [5, 5.41) is 9.37. The van der Waals surface area contributed by atoms with Gasteiger partial charge in [-0.05, 0) is 26.0 Å². The number of piperazine rings is 1. The lowest BCUT2D eigenvalue weighted by molar-refractivity contribution is 0.0731. The Morgan fingerprint density at radius 1 is 1.20 bits per heavy atom. The van der Waals surface area contributed by atoms with Crippen LogP contribution in [0.1, 0.15) is 24.3 Å². The summed E-state index contributed by atoms with van der Waals surface area (Å²) < 4.78 is 15.7. The van der Waals surface area contributed by atoms with E-state index in [1.165, 1.54) is 11.3 Å². The van der Waals surface area contributed by atoms with Gasteiger partial charge in [-0.15, -0.1) is 11.3 Å². The van der Waals surface area contributed by atoms with E-state index in [9.17, 15) is 9.18 Å². The van der Waals surface area contributed by atoms with E-state index in [-0.39, 0.29) is 17.5 Å². The Bertz CT molecular complexity index is 1350. The number of benzene rings is 1. The van der Waals surface area contributed by atoms with Crippen LogP contribution in [0.4, 0.5) is 20.6 Å². The summed E-state index contributed by atoms with van der Waals surface area (Å²) in [5.74, 6) is -0.402. The summed E-state index contributed by atoms with van der Waals surface area (Å²) in [6.45, 7) is 8.80. The van der Waals surface area contributed by atoms with Gasteiger partial charge in [0.1, 0.15) is 11.4 Å². The van der Waals surface area contributed by atoms with Crippen molar-refractivity contribution in [3.63, 3.8) is 0 Å². The first-order valence-corrected chi connectivity index (χ1v) is 13.2. The van der Waals surface area contributed by atoms with E-state index in [0.717, 1.165) is 47.7 Å². The molecule has 0 unspecified atom stereocenters. The van der Waals surface area contributed by atoms with Crippen LogP contribution in [0.15, 0.2) is 29.8 Å². The Kier molecular flexibility index (Phi) is 6.84. The highest BCUT2D eigenvalue weighted by atomic mass is 32.1. The Hall–Kier alpha value is -3.22. The van der Waals surface area contributed by atoms with Crippen molar-refractivity contribution >= 4 is 55.0 Å². The van der Waals surface area contributed by atoms with Crippen molar-refractivity contribution in [2.75, 3.05) is 49.5 Å². The van der Waals surface area contributed by atoms with E-state index >= 15 is 0 Å². The highest BCUT2D eigenvalue weighted by Gasteiger charge is 2.21. The first-order chi connectivity index (χ1) is 17.1. The summed E-state index contributed by atoms with van der Waals surface area (Å²) in [7, 11) is 0. The fourth-order valence-corrected chi connectivity index (χ4v) is 5.68. The Labute approximate surface area is 210 Å². The Balaban J connectivity index is 1.37. The number of rotatable bonds is 7. The number of carbonyl (C=O) groups excluding carboxylic acids is 1. The summed E-state index contributed by atoms with van der Waals surface area (Å²) in [5.41, 5.74) is 2.08. The zero-order valence-electron chi connectivity index (χ0n) is 19.4. The van der Waals surface area contributed by atoms with Crippen LogP contribution in [0.5, 0.6) is 0 Å². The number of hydrogen-bond acceptors (Lipinski definition) is 10. The van der Waals surface area contributed by atoms with Crippen LogP contribution in [-0.2, 0) is 0 Å². The van der Waals surface area contributed by atoms with E-state index < -0.39 is 5.82 Å². The van der Waals surface area contributed by atoms with Gasteiger partial charge in [-0.25, -0.2) is 24.3 Å². The third-order valence-electron chi connectivity index (χ3n) is 5.77. The zero-order valence-corrected chi connectivity index (χ0v) is 21.0. The first-order valence-electron chi connectivity index (χ1n) is 11.5. The first kappa shape index (κ1) is 23.5. The molecule has 5 rings (SSSR count). The monoisotopic (exact) mass is 512 g/mol. The molecule has 0 spiro atoms. The van der Waals surface area contributed by atoms with Crippen LogP contribution >= 0.6 is 22.7 Å². The van der Waals surface area contributed by atoms with Gasteiger partial charge < -0.3 is 20.4 Å². The molecular weight excluding hydrogens is 487 g/mol. The number of hydrogen-bond donors (Lipinski definition) is 2. The second kappa shape index (κ2) is 10.2. The van der Waals surface area contributed by atoms with Crippen molar-refractivity contribution < 1.29 is 9.18 Å². The minimum absolute atomic E-state index is 0.0987. The van der Waals surface area contributed by atoms with Crippen molar-refractivity contribution in [2.45, 2.75) is 13.8 Å². The number of carbonyl (C=O) groups is 1. The molecule has 0 saturated carbocycles. The van der Waals surface area contributed by atoms with Crippen LogP contribution in [0.25, 0.3) is 21.5 Å². The molecule has 12 heteroatoms. The van der Waals surface area contributed by atoms with Gasteiger partial charge in [-0.2, -0.15) is 0 Å². The summed E-state index contributed by atoms with van der Waals surface area (Å²) in [6, 6.07) is 5.61. The molecule has 1 aliphatic rings. The Morgan fingerprint density at radius 3 is 2.77 bits per heavy atom. The number of nitrogens with one attached hydrogen (secondary N) is 2. The second-order valence-electron chi connectivity index (χ2n) is 7.95. The van der Waals surface area contributed by atoms with Crippen LogP contribution in [0, 0.1) is 5.82 Å². The minimum Gasteiger partial charge on any atom is -0.349 e. The van der Waals surface area contributed by atoms with E-state index in [1.807, 2.05) is 18.2 Å². The molecule has 4 heterocycles. The molecule has 1 saturated heterocycles. The van der Waals surface area contributed by atoms with Crippen LogP contribution in [0.2, 0.25) is 0 Å². The summed E-state index contributed by atoms with van der Waals surface area (Å²) in [6.07, 6.45) is 1.14. The molecule has 4 aromatic rings. The van der Waals surface area contributed by atoms with Crippen molar-refractivity contribution in [1.29, 1.82) is 0 Å². The molecule has 35 heavy (non-hydrogen) atoms. The maximum Gasteiger partial charge on any atom is 0.273 e. The lowest BCUT2D eigenvalue weighted by Gasteiger charge is -2.26. The SMILES string of the molecule is CCN(CC)c1nc2ccc(-c3nc(Nc4nc(C(=O)N5CCNCC5)cs4)ncc3F)cc2s1. The molecule has 3 aromatic heterocycles. The molecule has 0 radical (unpaired) electrons. The van der Waals surface area contributed by atoms with Gasteiger partial charge in [0.25, 0.3) is 5.91 Å². The summed E-state index contributed by atoms with van der Waals surface area (Å²) >= 11 is 2.86. The average Bonchev–Trinajstić information content (AvgIpc) is 3.53. The van der Waals surface area contributed by atoms with Crippen LogP contribution in [0.3, 0.4) is 0 Å². The molecule has 182 valence electrons. The summed E-state index contributed by atoms with van der Waals surface area (Å²) in [4.78, 5) is 34.2. The van der Waals surface area contributed by atoms with E-state index in [0.29, 0.717) is 29.5 Å². The van der Waals surface area contributed by atoms with E-state index in [4.69, 9.17) is 4.98 Å². The molecule has 2 N–H and O–H groups in total. The van der Waals surface area contributed by atoms with Gasteiger partial charge in [0.15, 0.2) is 16.1 Å². The number of amides is 1. The van der Waals surface area contributed by atoms with E-state index in [1.54, 1.807) is 21.6 Å². The molecule has 0 atom stereocenters. The highest BCUT2D eigenvalue weighted by Crippen LogP contribution is 2.33. The van der Waals surface area contributed by atoms with Crippen molar-refractivity contribution in [1.82, 2.24) is 30.2 Å². The number of nitrogens with zero attached hydrogens (tertiary/aromatic N) is 6. The predicted molar refractivity (Wildman–Crippen MR) is 138 cm³/mol. The molecule has 1 aromatic carbocycles. The number of anilines is 3. The lowest BCUT2D eigenvalue weighted by atomic mass is 10.1. The molecule has 0 bridgehead atoms. The van der Waals surface area contributed by atoms with Gasteiger partial charge in [0, 0.05) is 50.2 Å². The lowest BCUT2D eigenvalue weighted by Crippen LogP contribution is -2.46. The van der Waals surface area contributed by atoms with Crippen molar-refractivity contribution in [3.8, 4) is 11.3 Å². The largest absolute Gasteiger partial charge is 0.349 e. The van der Waals surface area contributed by atoms with Gasteiger partial charge in [-0.3, -0.25) is 4.79 Å². The quantitative estimate of drug-likeness (QED) is 0.384. The molecule has 0 aliphatic carbocycles. The van der Waals surface area contributed by atoms with Gasteiger partial charge in [0.2, 0.25) is 5.95 Å². The average molecular weight is 513 g/mol. The van der Waals surface area contributed by atoms with Crippen LogP contribution < -0.4 is 15.5 Å². The van der Waals surface area contributed by atoms with Crippen LogP contribution in [-0.4, -0.2) is 70.0 Å². The smallest absolute Gasteiger partial charge is 0.273 e. The highest BCUT2D eigenvalue weighted by molar-refractivity contribution is 7.22. The number of thiazole rings is 2. The van der Waals surface area contributed by atoms with Crippen molar-refractivity contribution in [3.05, 3.63) is 41.3 Å². The molecule has 1 aliphatic heterocycles. The van der Waals surface area contributed by atoms with E-state index in [2.05, 4.69) is 44.3 Å². The zero-order chi connectivity index (χ0) is 24.4. The normalized spacial score (nSPS) is 13.9. The third-order valence-corrected chi connectivity index (χ3v) is 7.61. The fraction of sp³-hybridized carbons (Fsp3) is 0.348. The Morgan fingerprint density at radius 2 is 2.00 bits per heavy atom. The topological polar surface area (TPSA) is 99.2 Å². The van der Waals surface area contributed by atoms with Gasteiger partial charge >= 0.3 is 0 Å². The maximum atomic E-state index is 14.7. The van der Waals surface area contributed by atoms with Crippen molar-refractivity contribution in [2.24, 2.45) is 0 Å². The molecule has 1 amide bonds. The van der Waals surface area contributed by atoms with Gasteiger partial charge in [-0.1, -0.05) is 17.4 Å². The number of fused-ring (bicyclic) bond motifs is 1. The van der Waals surface area contributed by atoms with Gasteiger partial charge in [0.05, 0.1) is 16.4 Å². The third kappa shape index (κ3) is 4.95. The molecule has 9 nitrogen and oxygen atoms in total. The fourth-order valence-electron chi connectivity index (χ4n) is 3.87. The molecule has 1 fully saturated rings. The minimum atomic E-state index is -0.517. The predicted octanol–water partition coefficient (Wildman–Crippen LogP) is 3.98. The standard InChI is InChI=1S/C23H25FN8OS2/c1-3-31(4-2)23-28-16-6-5-14(11-18(16)35-23)19-15(24)12-26-21(29-19)30-22-27-17(13-34-22)20(33)32-9-7-25-8-10-32/h5-6,11-13,25H,3-4,7-10H2,1-2H3,(H,26,27,29,30). The molecular formula is C23H25FN8OS2. The maximum absolute atomic E-state index is 14.7. The number of aromatic nitrogens is 4.